The molecule has 0 spiro atoms. The fourth-order valence-corrected chi connectivity index (χ4v) is 6.05. The van der Waals surface area contributed by atoms with E-state index in [9.17, 15) is 9.59 Å². The van der Waals surface area contributed by atoms with Crippen molar-refractivity contribution in [1.29, 1.82) is 0 Å². The molecule has 3 aromatic rings. The molecule has 5 rings (SSSR count). The Morgan fingerprint density at radius 1 is 1.09 bits per heavy atom. The molecule has 236 valence electrons. The smallest absolute Gasteiger partial charge is 0.289 e. The number of methoxy groups -OCH3 is 2. The van der Waals surface area contributed by atoms with E-state index in [0.29, 0.717) is 74.6 Å². The Labute approximate surface area is 263 Å². The number of hydrogen-bond donors (Lipinski definition) is 1. The second-order valence-corrected chi connectivity index (χ2v) is 11.9. The number of carbonyl (C=O) groups is 2. The molecule has 4 bridgehead atoms. The van der Waals surface area contributed by atoms with Gasteiger partial charge in [0.2, 0.25) is 5.91 Å². The first-order chi connectivity index (χ1) is 21.4. The number of rotatable bonds is 8. The molecule has 3 heterocycles. The van der Waals surface area contributed by atoms with Crippen LogP contribution >= 0.6 is 11.8 Å². The third-order valence-corrected chi connectivity index (χ3v) is 8.33. The summed E-state index contributed by atoms with van der Waals surface area (Å²) in [6.07, 6.45) is 3.06. The van der Waals surface area contributed by atoms with Crippen LogP contribution in [-0.4, -0.2) is 87.0 Å². The number of thioether (sulfide) groups is 1. The summed E-state index contributed by atoms with van der Waals surface area (Å²) in [7, 11) is 3.29. The second kappa shape index (κ2) is 15.5. The van der Waals surface area contributed by atoms with Crippen LogP contribution in [0.25, 0.3) is 0 Å². The predicted molar refractivity (Wildman–Crippen MR) is 168 cm³/mol. The highest BCUT2D eigenvalue weighted by Gasteiger charge is 2.35. The van der Waals surface area contributed by atoms with Gasteiger partial charge in [-0.3, -0.25) is 14.5 Å². The van der Waals surface area contributed by atoms with E-state index in [-0.39, 0.29) is 30.5 Å². The summed E-state index contributed by atoms with van der Waals surface area (Å²) in [5.74, 6) is 3.37. The van der Waals surface area contributed by atoms with Crippen LogP contribution in [0.4, 0.5) is 0 Å². The molecule has 2 aliphatic heterocycles. The topological polar surface area (TPSA) is 103 Å². The van der Waals surface area contributed by atoms with E-state index in [0.717, 1.165) is 23.3 Å². The number of carbonyl (C=O) groups excluding carboxylic acids is 2. The summed E-state index contributed by atoms with van der Waals surface area (Å²) >= 11 is 1.64. The van der Waals surface area contributed by atoms with Gasteiger partial charge in [0, 0.05) is 39.9 Å². The Balaban J connectivity index is 1.40. The average molecular weight is 624 g/mol. The third-order valence-electron chi connectivity index (χ3n) is 7.76. The van der Waals surface area contributed by atoms with Crippen molar-refractivity contribution in [2.45, 2.75) is 43.9 Å². The SMILES string of the molecule is COCCCN1CC(=O)N[C@H]2CN(C(=O)c3ccc(CSC)o3)CC[C@H]2OCc2cccc(c2)Oc2cc(ccc2OC)C1. The minimum atomic E-state index is -0.387. The summed E-state index contributed by atoms with van der Waals surface area (Å²) in [6, 6.07) is 16.8. The third kappa shape index (κ3) is 8.35. The van der Waals surface area contributed by atoms with E-state index in [1.165, 1.54) is 0 Å². The highest BCUT2D eigenvalue weighted by atomic mass is 32.2. The van der Waals surface area contributed by atoms with Crippen LogP contribution in [0.1, 0.15) is 40.3 Å². The standard InChI is InChI=1S/C33H41N3O7S/c1-39-15-5-13-35-18-23-8-10-29(40-2)31(17-23)42-25-7-4-6-24(16-25)21-41-28-12-14-36(19-27(28)34-32(37)20-35)33(38)30-11-9-26(43-30)22-44-3/h4,6-11,16-17,27-28H,5,12-15,18-22H2,1-3H3,(H,34,37)/t27-,28+/m0/s1. The molecule has 2 atom stereocenters. The fraction of sp³-hybridized carbons (Fsp3) is 0.455. The van der Waals surface area contributed by atoms with E-state index in [1.54, 1.807) is 36.9 Å². The first kappa shape index (κ1) is 31.9. The minimum Gasteiger partial charge on any atom is -0.493 e. The minimum absolute atomic E-state index is 0.130. The number of nitrogens with zero attached hydrogens (tertiary/aromatic N) is 2. The molecule has 2 amide bonds. The summed E-state index contributed by atoms with van der Waals surface area (Å²) in [5, 5.41) is 3.21. The number of nitrogens with one attached hydrogen (secondary N) is 1. The molecule has 0 aliphatic carbocycles. The van der Waals surface area contributed by atoms with Crippen LogP contribution in [0.15, 0.2) is 59.0 Å². The van der Waals surface area contributed by atoms with Crippen LogP contribution in [0, 0.1) is 0 Å². The first-order valence-electron chi connectivity index (χ1n) is 14.9. The molecular formula is C33H41N3O7S. The molecule has 0 unspecified atom stereocenters. The normalized spacial score (nSPS) is 19.5. The molecule has 44 heavy (non-hydrogen) atoms. The monoisotopic (exact) mass is 623 g/mol. The maximum Gasteiger partial charge on any atom is 0.289 e. The van der Waals surface area contributed by atoms with Gasteiger partial charge in [-0.25, -0.2) is 0 Å². The number of ether oxygens (including phenoxy) is 4. The van der Waals surface area contributed by atoms with Crippen LogP contribution < -0.4 is 14.8 Å². The van der Waals surface area contributed by atoms with Crippen LogP contribution in [0.3, 0.4) is 0 Å². The Morgan fingerprint density at radius 2 is 1.98 bits per heavy atom. The van der Waals surface area contributed by atoms with Gasteiger partial charge in [-0.05, 0) is 66.6 Å². The number of piperidine rings is 1. The zero-order valence-corrected chi connectivity index (χ0v) is 26.4. The Bertz CT molecular complexity index is 1410. The van der Waals surface area contributed by atoms with Crippen molar-refractivity contribution in [3.8, 4) is 17.2 Å². The molecule has 1 N–H and O–H groups in total. The lowest BCUT2D eigenvalue weighted by Gasteiger charge is -2.38. The summed E-state index contributed by atoms with van der Waals surface area (Å²) in [5.41, 5.74) is 1.93. The Morgan fingerprint density at radius 3 is 2.80 bits per heavy atom. The van der Waals surface area contributed by atoms with Gasteiger partial charge in [0.1, 0.15) is 11.5 Å². The number of likely N-dealkylation sites (tertiary alicyclic amines) is 1. The van der Waals surface area contributed by atoms with Gasteiger partial charge < -0.3 is 33.6 Å². The molecule has 2 aromatic carbocycles. The van der Waals surface area contributed by atoms with Crippen LogP contribution in [0.5, 0.6) is 17.2 Å². The lowest BCUT2D eigenvalue weighted by atomic mass is 10.0. The lowest BCUT2D eigenvalue weighted by Crippen LogP contribution is -2.58. The van der Waals surface area contributed by atoms with Gasteiger partial charge >= 0.3 is 0 Å². The van der Waals surface area contributed by atoms with E-state index >= 15 is 0 Å². The molecule has 11 heteroatoms. The number of amides is 2. The second-order valence-electron chi connectivity index (χ2n) is 11.1. The zero-order chi connectivity index (χ0) is 30.9. The van der Waals surface area contributed by atoms with E-state index in [2.05, 4.69) is 10.2 Å². The predicted octanol–water partition coefficient (Wildman–Crippen LogP) is 4.71. The Kier molecular flexibility index (Phi) is 11.2. The summed E-state index contributed by atoms with van der Waals surface area (Å²) < 4.78 is 29.4. The summed E-state index contributed by atoms with van der Waals surface area (Å²) in [4.78, 5) is 30.8. The van der Waals surface area contributed by atoms with Gasteiger partial charge in [-0.2, -0.15) is 11.8 Å². The van der Waals surface area contributed by atoms with Gasteiger partial charge in [0.15, 0.2) is 17.3 Å². The van der Waals surface area contributed by atoms with Gasteiger partial charge in [-0.1, -0.05) is 18.2 Å². The van der Waals surface area contributed by atoms with Crippen molar-refractivity contribution in [1.82, 2.24) is 15.1 Å². The molecule has 0 saturated carbocycles. The molecule has 0 radical (unpaired) electrons. The van der Waals surface area contributed by atoms with Gasteiger partial charge in [-0.15, -0.1) is 0 Å². The van der Waals surface area contributed by atoms with Gasteiger partial charge in [0.05, 0.1) is 38.2 Å². The largest absolute Gasteiger partial charge is 0.493 e. The highest BCUT2D eigenvalue weighted by molar-refractivity contribution is 7.97. The van der Waals surface area contributed by atoms with Crippen molar-refractivity contribution < 1.29 is 33.0 Å². The van der Waals surface area contributed by atoms with Gasteiger partial charge in [0.25, 0.3) is 5.91 Å². The average Bonchev–Trinajstić information content (AvgIpc) is 3.49. The maximum absolute atomic E-state index is 13.6. The molecule has 1 aromatic heterocycles. The number of benzene rings is 2. The van der Waals surface area contributed by atoms with Crippen molar-refractivity contribution in [2.75, 3.05) is 53.3 Å². The molecule has 1 saturated heterocycles. The number of hydrogen-bond acceptors (Lipinski definition) is 9. The van der Waals surface area contributed by atoms with Crippen LogP contribution in [-0.2, 0) is 33.2 Å². The maximum atomic E-state index is 13.6. The van der Waals surface area contributed by atoms with E-state index < -0.39 is 0 Å². The first-order valence-corrected chi connectivity index (χ1v) is 16.3. The molecular weight excluding hydrogens is 582 g/mol. The molecule has 2 aliphatic rings. The van der Waals surface area contributed by atoms with Crippen molar-refractivity contribution in [2.24, 2.45) is 0 Å². The van der Waals surface area contributed by atoms with E-state index in [1.807, 2.05) is 54.8 Å². The quantitative estimate of drug-likeness (QED) is 0.358. The number of furan rings is 1. The molecule has 10 nitrogen and oxygen atoms in total. The number of fused-ring (bicyclic) bond motifs is 5. The fourth-order valence-electron chi connectivity index (χ4n) is 5.61. The van der Waals surface area contributed by atoms with Crippen molar-refractivity contribution >= 4 is 23.6 Å². The van der Waals surface area contributed by atoms with Crippen molar-refractivity contribution in [3.63, 3.8) is 0 Å². The van der Waals surface area contributed by atoms with Crippen LogP contribution in [0.2, 0.25) is 0 Å². The molecule has 1 fully saturated rings. The summed E-state index contributed by atoms with van der Waals surface area (Å²) in [6.45, 7) is 3.11. The Hall–Kier alpha value is -3.51. The zero-order valence-electron chi connectivity index (χ0n) is 25.6. The van der Waals surface area contributed by atoms with E-state index in [4.69, 9.17) is 23.4 Å². The highest BCUT2D eigenvalue weighted by Crippen LogP contribution is 2.33. The van der Waals surface area contributed by atoms with Crippen molar-refractivity contribution in [3.05, 3.63) is 77.2 Å². The lowest BCUT2D eigenvalue weighted by molar-refractivity contribution is -0.125.